The van der Waals surface area contributed by atoms with E-state index < -0.39 is 12.1 Å². The fourth-order valence-electron chi connectivity index (χ4n) is 2.62. The summed E-state index contributed by atoms with van der Waals surface area (Å²) in [6, 6.07) is 14.6. The van der Waals surface area contributed by atoms with Crippen LogP contribution in [0.1, 0.15) is 18.9 Å². The van der Waals surface area contributed by atoms with Crippen LogP contribution in [-0.4, -0.2) is 45.4 Å². The van der Waals surface area contributed by atoms with E-state index in [0.29, 0.717) is 36.6 Å². The molecule has 0 saturated carbocycles. The monoisotopic (exact) mass is 401 g/mol. The van der Waals surface area contributed by atoms with Gasteiger partial charge >= 0.3 is 5.97 Å². The Hall–Kier alpha value is -3.22. The molecule has 0 spiro atoms. The second kappa shape index (κ2) is 11.6. The van der Waals surface area contributed by atoms with Gasteiger partial charge in [-0.3, -0.25) is 4.79 Å². The summed E-state index contributed by atoms with van der Waals surface area (Å²) in [4.78, 5) is 24.1. The summed E-state index contributed by atoms with van der Waals surface area (Å²) >= 11 is 0. The third kappa shape index (κ3) is 7.03. The first kappa shape index (κ1) is 22.1. The minimum Gasteiger partial charge on any atom is -0.493 e. The van der Waals surface area contributed by atoms with Gasteiger partial charge in [-0.05, 0) is 42.7 Å². The lowest BCUT2D eigenvalue weighted by molar-refractivity contribution is -0.155. The Morgan fingerprint density at radius 1 is 1.00 bits per heavy atom. The van der Waals surface area contributed by atoms with E-state index in [1.165, 1.54) is 0 Å². The molecule has 0 saturated heterocycles. The highest BCUT2D eigenvalue weighted by Crippen LogP contribution is 2.27. The zero-order valence-corrected chi connectivity index (χ0v) is 17.0. The summed E-state index contributed by atoms with van der Waals surface area (Å²) in [6.45, 7) is 1.88. The highest BCUT2D eigenvalue weighted by Gasteiger charge is 2.21. The van der Waals surface area contributed by atoms with Crippen molar-refractivity contribution in [2.24, 2.45) is 0 Å². The van der Waals surface area contributed by atoms with Gasteiger partial charge in [-0.1, -0.05) is 31.2 Å². The first-order chi connectivity index (χ1) is 14.1. The van der Waals surface area contributed by atoms with Crippen LogP contribution in [0.5, 0.6) is 17.2 Å². The van der Waals surface area contributed by atoms with E-state index in [2.05, 4.69) is 5.32 Å². The average Bonchev–Trinajstić information content (AvgIpc) is 2.76. The van der Waals surface area contributed by atoms with Gasteiger partial charge in [-0.25, -0.2) is 4.79 Å². The van der Waals surface area contributed by atoms with Gasteiger partial charge in [0.2, 0.25) is 0 Å². The van der Waals surface area contributed by atoms with E-state index >= 15 is 0 Å². The van der Waals surface area contributed by atoms with Gasteiger partial charge in [0.1, 0.15) is 5.75 Å². The molecule has 0 heterocycles. The van der Waals surface area contributed by atoms with Crippen molar-refractivity contribution in [3.63, 3.8) is 0 Å². The van der Waals surface area contributed by atoms with Crippen molar-refractivity contribution < 1.29 is 28.5 Å². The number of hydrogen-bond acceptors (Lipinski definition) is 6. The molecule has 0 aliphatic carbocycles. The van der Waals surface area contributed by atoms with Gasteiger partial charge < -0.3 is 24.3 Å². The molecule has 2 aromatic carbocycles. The minimum atomic E-state index is -0.753. The number of hydrogen-bond donors (Lipinski definition) is 1. The van der Waals surface area contributed by atoms with E-state index in [0.717, 1.165) is 5.56 Å². The van der Waals surface area contributed by atoms with E-state index in [-0.39, 0.29) is 12.5 Å². The third-order valence-electron chi connectivity index (χ3n) is 4.18. The fraction of sp³-hybridized carbons (Fsp3) is 0.364. The molecule has 7 nitrogen and oxygen atoms in total. The standard InChI is InChI=1S/C22H27NO6/c1-4-18(29-17-8-6-5-7-9-17)22(25)28-15-21(24)23-13-12-16-10-11-19(26-2)20(14-16)27-3/h5-11,14,18H,4,12-13,15H2,1-3H3,(H,23,24)/t18-/m1/s1. The lowest BCUT2D eigenvalue weighted by atomic mass is 10.1. The Labute approximate surface area is 170 Å². The molecule has 0 aliphatic rings. The number of carbonyl (C=O) groups is 2. The predicted molar refractivity (Wildman–Crippen MR) is 108 cm³/mol. The van der Waals surface area contributed by atoms with Crippen LogP contribution < -0.4 is 19.5 Å². The molecule has 1 N–H and O–H groups in total. The number of carbonyl (C=O) groups excluding carboxylic acids is 2. The van der Waals surface area contributed by atoms with Crippen molar-refractivity contribution in [1.29, 1.82) is 0 Å². The summed E-state index contributed by atoms with van der Waals surface area (Å²) in [5.41, 5.74) is 0.988. The zero-order valence-electron chi connectivity index (χ0n) is 17.0. The normalized spacial score (nSPS) is 11.3. The molecular weight excluding hydrogens is 374 g/mol. The summed E-state index contributed by atoms with van der Waals surface area (Å²) in [5, 5.41) is 2.73. The highest BCUT2D eigenvalue weighted by atomic mass is 16.6. The van der Waals surface area contributed by atoms with Crippen LogP contribution in [0.2, 0.25) is 0 Å². The van der Waals surface area contributed by atoms with Crippen LogP contribution in [0.3, 0.4) is 0 Å². The quantitative estimate of drug-likeness (QED) is 0.583. The molecular formula is C22H27NO6. The Morgan fingerprint density at radius 2 is 1.72 bits per heavy atom. The first-order valence-corrected chi connectivity index (χ1v) is 9.43. The SMILES string of the molecule is CC[C@@H](Oc1ccccc1)C(=O)OCC(=O)NCCc1ccc(OC)c(OC)c1. The molecule has 1 atom stereocenters. The number of methoxy groups -OCH3 is 2. The Morgan fingerprint density at radius 3 is 2.38 bits per heavy atom. The average molecular weight is 401 g/mol. The Balaban J connectivity index is 1.74. The summed E-state index contributed by atoms with van der Waals surface area (Å²) < 4.78 is 21.2. The summed E-state index contributed by atoms with van der Waals surface area (Å²) in [7, 11) is 3.15. The van der Waals surface area contributed by atoms with E-state index in [1.807, 2.05) is 43.3 Å². The predicted octanol–water partition coefficient (Wildman–Crippen LogP) is 2.76. The number of rotatable bonds is 11. The molecule has 29 heavy (non-hydrogen) atoms. The second-order valence-electron chi connectivity index (χ2n) is 6.22. The van der Waals surface area contributed by atoms with Gasteiger partial charge in [0.05, 0.1) is 14.2 Å². The largest absolute Gasteiger partial charge is 0.493 e. The first-order valence-electron chi connectivity index (χ1n) is 9.43. The zero-order chi connectivity index (χ0) is 21.1. The second-order valence-corrected chi connectivity index (χ2v) is 6.22. The number of ether oxygens (including phenoxy) is 4. The number of benzene rings is 2. The number of esters is 1. The number of amides is 1. The van der Waals surface area contributed by atoms with Crippen LogP contribution in [0, 0.1) is 0 Å². The maximum Gasteiger partial charge on any atom is 0.347 e. The molecule has 156 valence electrons. The lowest BCUT2D eigenvalue weighted by Gasteiger charge is -2.16. The number of para-hydroxylation sites is 1. The van der Waals surface area contributed by atoms with Gasteiger partial charge in [-0.2, -0.15) is 0 Å². The molecule has 0 aromatic heterocycles. The third-order valence-corrected chi connectivity index (χ3v) is 4.18. The van der Waals surface area contributed by atoms with Crippen LogP contribution in [-0.2, 0) is 20.7 Å². The van der Waals surface area contributed by atoms with Crippen molar-refractivity contribution in [3.05, 3.63) is 54.1 Å². The lowest BCUT2D eigenvalue weighted by Crippen LogP contribution is -2.34. The van der Waals surface area contributed by atoms with Crippen molar-refractivity contribution in [1.82, 2.24) is 5.32 Å². The van der Waals surface area contributed by atoms with E-state index in [9.17, 15) is 9.59 Å². The molecule has 2 rings (SSSR count). The molecule has 7 heteroatoms. The summed E-state index contributed by atoms with van der Waals surface area (Å²) in [6.07, 6.45) is 0.292. The van der Waals surface area contributed by atoms with Crippen molar-refractivity contribution in [2.75, 3.05) is 27.4 Å². The smallest absolute Gasteiger partial charge is 0.347 e. The fourth-order valence-corrected chi connectivity index (χ4v) is 2.62. The topological polar surface area (TPSA) is 83.1 Å². The van der Waals surface area contributed by atoms with E-state index in [4.69, 9.17) is 18.9 Å². The highest BCUT2D eigenvalue weighted by molar-refractivity contribution is 5.82. The van der Waals surface area contributed by atoms with E-state index in [1.54, 1.807) is 26.4 Å². The van der Waals surface area contributed by atoms with Crippen molar-refractivity contribution in [3.8, 4) is 17.2 Å². The van der Waals surface area contributed by atoms with Gasteiger partial charge in [0.25, 0.3) is 5.91 Å². The maximum atomic E-state index is 12.2. The maximum absolute atomic E-state index is 12.2. The molecule has 0 unspecified atom stereocenters. The molecule has 0 fully saturated rings. The van der Waals surface area contributed by atoms with Crippen molar-refractivity contribution in [2.45, 2.75) is 25.9 Å². The molecule has 0 aliphatic heterocycles. The van der Waals surface area contributed by atoms with Crippen LogP contribution in [0.15, 0.2) is 48.5 Å². The number of nitrogens with one attached hydrogen (secondary N) is 1. The van der Waals surface area contributed by atoms with Crippen LogP contribution in [0.4, 0.5) is 0 Å². The molecule has 1 amide bonds. The van der Waals surface area contributed by atoms with Gasteiger partial charge in [0.15, 0.2) is 24.2 Å². The van der Waals surface area contributed by atoms with Crippen molar-refractivity contribution >= 4 is 11.9 Å². The van der Waals surface area contributed by atoms with Crippen LogP contribution in [0.25, 0.3) is 0 Å². The Kier molecular flexibility index (Phi) is 8.82. The van der Waals surface area contributed by atoms with Gasteiger partial charge in [-0.15, -0.1) is 0 Å². The minimum absolute atomic E-state index is 0.348. The molecule has 0 radical (unpaired) electrons. The summed E-state index contributed by atoms with van der Waals surface area (Å²) in [5.74, 6) is 0.931. The Bertz CT molecular complexity index is 793. The van der Waals surface area contributed by atoms with Gasteiger partial charge in [0, 0.05) is 6.54 Å². The van der Waals surface area contributed by atoms with Crippen LogP contribution >= 0.6 is 0 Å². The molecule has 2 aromatic rings. The molecule has 0 bridgehead atoms.